The summed E-state index contributed by atoms with van der Waals surface area (Å²) in [5, 5.41) is 22.8. The number of carbonyl (C=O) groups is 1. The van der Waals surface area contributed by atoms with Crippen molar-refractivity contribution in [3.8, 4) is 6.07 Å². The van der Waals surface area contributed by atoms with Gasteiger partial charge in [-0.1, -0.05) is 31.4 Å². The average molecular weight is 287 g/mol. The molecule has 0 heterocycles. The maximum Gasteiger partial charge on any atom is 0.282 e. The second-order valence-electron chi connectivity index (χ2n) is 5.25. The maximum atomic E-state index is 12.2. The van der Waals surface area contributed by atoms with Gasteiger partial charge in [0.2, 0.25) is 0 Å². The number of rotatable bonds is 4. The molecular formula is C15H17N3O3. The zero-order valence-corrected chi connectivity index (χ0v) is 11.6. The van der Waals surface area contributed by atoms with Gasteiger partial charge >= 0.3 is 0 Å². The second kappa shape index (κ2) is 6.84. The number of amides is 1. The molecule has 1 unspecified atom stereocenters. The van der Waals surface area contributed by atoms with E-state index in [4.69, 9.17) is 0 Å². The zero-order chi connectivity index (χ0) is 15.2. The number of nitrogens with one attached hydrogen (secondary N) is 1. The summed E-state index contributed by atoms with van der Waals surface area (Å²) < 4.78 is 0. The van der Waals surface area contributed by atoms with Gasteiger partial charge in [0.05, 0.1) is 11.0 Å². The van der Waals surface area contributed by atoms with E-state index in [1.54, 1.807) is 6.07 Å². The summed E-state index contributed by atoms with van der Waals surface area (Å²) in [4.78, 5) is 22.6. The Morgan fingerprint density at radius 3 is 2.62 bits per heavy atom. The number of hydrogen-bond acceptors (Lipinski definition) is 4. The number of nitro benzene ring substituents is 1. The highest BCUT2D eigenvalue weighted by atomic mass is 16.6. The summed E-state index contributed by atoms with van der Waals surface area (Å²) in [6, 6.07) is 7.31. The third-order valence-electron chi connectivity index (χ3n) is 3.89. The Morgan fingerprint density at radius 1 is 1.33 bits per heavy atom. The zero-order valence-electron chi connectivity index (χ0n) is 11.6. The van der Waals surface area contributed by atoms with Gasteiger partial charge < -0.3 is 5.32 Å². The van der Waals surface area contributed by atoms with Crippen LogP contribution < -0.4 is 5.32 Å². The topological polar surface area (TPSA) is 96.0 Å². The molecule has 1 aliphatic carbocycles. The molecule has 0 aliphatic heterocycles. The lowest BCUT2D eigenvalue weighted by Crippen LogP contribution is -2.40. The van der Waals surface area contributed by atoms with Crippen molar-refractivity contribution in [1.29, 1.82) is 5.26 Å². The van der Waals surface area contributed by atoms with Crippen molar-refractivity contribution in [1.82, 2.24) is 5.32 Å². The first kappa shape index (κ1) is 15.0. The van der Waals surface area contributed by atoms with E-state index in [0.29, 0.717) is 0 Å². The summed E-state index contributed by atoms with van der Waals surface area (Å²) in [6.45, 7) is 0. The summed E-state index contributed by atoms with van der Waals surface area (Å²) in [5.41, 5.74) is -0.242. The molecule has 6 heteroatoms. The number of carbonyl (C=O) groups excluding carboxylic acids is 1. The van der Waals surface area contributed by atoms with E-state index in [9.17, 15) is 20.2 Å². The smallest absolute Gasteiger partial charge is 0.282 e. The Kier molecular flexibility index (Phi) is 4.88. The predicted octanol–water partition coefficient (Wildman–Crippen LogP) is 2.80. The summed E-state index contributed by atoms with van der Waals surface area (Å²) in [5.74, 6) is -0.421. The minimum absolute atomic E-state index is 0.00133. The predicted molar refractivity (Wildman–Crippen MR) is 76.5 cm³/mol. The molecule has 1 amide bonds. The first-order chi connectivity index (χ1) is 10.1. The van der Waals surface area contributed by atoms with E-state index >= 15 is 0 Å². The normalized spacial score (nSPS) is 16.7. The molecule has 0 saturated heterocycles. The van der Waals surface area contributed by atoms with Crippen molar-refractivity contribution in [2.75, 3.05) is 0 Å². The summed E-state index contributed by atoms with van der Waals surface area (Å²) >= 11 is 0. The van der Waals surface area contributed by atoms with E-state index in [2.05, 4.69) is 11.4 Å². The molecule has 6 nitrogen and oxygen atoms in total. The molecule has 0 spiro atoms. The number of nitro groups is 1. The third-order valence-corrected chi connectivity index (χ3v) is 3.89. The molecule has 0 radical (unpaired) electrons. The van der Waals surface area contributed by atoms with E-state index in [0.717, 1.165) is 32.1 Å². The summed E-state index contributed by atoms with van der Waals surface area (Å²) in [6.07, 6.45) is 5.10. The Bertz CT molecular complexity index is 574. The number of nitriles is 1. The number of benzene rings is 1. The molecule has 1 aromatic carbocycles. The van der Waals surface area contributed by atoms with Crippen LogP contribution in [0.2, 0.25) is 0 Å². The lowest BCUT2D eigenvalue weighted by Gasteiger charge is -2.26. The SMILES string of the molecule is N#CC(NC(=O)c1ccccc1[N+](=O)[O-])C1CCCCC1. The summed E-state index contributed by atoms with van der Waals surface area (Å²) in [7, 11) is 0. The van der Waals surface area contributed by atoms with Crippen LogP contribution in [0.4, 0.5) is 5.69 Å². The fourth-order valence-electron chi connectivity index (χ4n) is 2.77. The highest BCUT2D eigenvalue weighted by Gasteiger charge is 2.27. The standard InChI is InChI=1S/C15H17N3O3/c16-10-13(11-6-2-1-3-7-11)17-15(19)12-8-4-5-9-14(12)18(20)21/h4-5,8-9,11,13H,1-3,6-7H2,(H,17,19). The molecule has 1 N–H and O–H groups in total. The van der Waals surface area contributed by atoms with Crippen LogP contribution in [-0.4, -0.2) is 16.9 Å². The minimum atomic E-state index is -0.586. The molecule has 1 atom stereocenters. The minimum Gasteiger partial charge on any atom is -0.336 e. The Morgan fingerprint density at radius 2 is 2.00 bits per heavy atom. The van der Waals surface area contributed by atoms with Crippen LogP contribution in [0, 0.1) is 27.4 Å². The Labute approximate surface area is 122 Å². The monoisotopic (exact) mass is 287 g/mol. The number of hydrogen-bond donors (Lipinski definition) is 1. The first-order valence-corrected chi connectivity index (χ1v) is 7.07. The number of para-hydroxylation sites is 1. The van der Waals surface area contributed by atoms with E-state index in [1.165, 1.54) is 18.2 Å². The van der Waals surface area contributed by atoms with E-state index in [1.807, 2.05) is 0 Å². The molecule has 21 heavy (non-hydrogen) atoms. The van der Waals surface area contributed by atoms with E-state index < -0.39 is 16.9 Å². The molecule has 0 aromatic heterocycles. The third kappa shape index (κ3) is 3.57. The van der Waals surface area contributed by atoms with Crippen LogP contribution in [0.3, 0.4) is 0 Å². The van der Waals surface area contributed by atoms with Crippen molar-refractivity contribution in [3.63, 3.8) is 0 Å². The van der Waals surface area contributed by atoms with Crippen molar-refractivity contribution >= 4 is 11.6 Å². The van der Waals surface area contributed by atoms with Crippen LogP contribution in [0.5, 0.6) is 0 Å². The molecule has 1 aliphatic rings. The second-order valence-corrected chi connectivity index (χ2v) is 5.25. The van der Waals surface area contributed by atoms with Crippen LogP contribution in [0.1, 0.15) is 42.5 Å². The van der Waals surface area contributed by atoms with Crippen LogP contribution in [-0.2, 0) is 0 Å². The molecular weight excluding hydrogens is 270 g/mol. The van der Waals surface area contributed by atoms with Gasteiger partial charge in [0.15, 0.2) is 0 Å². The molecule has 2 rings (SSSR count). The van der Waals surface area contributed by atoms with Gasteiger partial charge in [-0.05, 0) is 24.8 Å². The largest absolute Gasteiger partial charge is 0.336 e. The number of nitrogens with zero attached hydrogens (tertiary/aromatic N) is 2. The van der Waals surface area contributed by atoms with Crippen LogP contribution in [0.25, 0.3) is 0 Å². The van der Waals surface area contributed by atoms with Crippen molar-refractivity contribution < 1.29 is 9.72 Å². The highest BCUT2D eigenvalue weighted by Crippen LogP contribution is 2.27. The van der Waals surface area contributed by atoms with E-state index in [-0.39, 0.29) is 17.2 Å². The lowest BCUT2D eigenvalue weighted by molar-refractivity contribution is -0.385. The fraction of sp³-hybridized carbons (Fsp3) is 0.467. The molecule has 1 saturated carbocycles. The van der Waals surface area contributed by atoms with Gasteiger partial charge in [0.25, 0.3) is 11.6 Å². The van der Waals surface area contributed by atoms with Gasteiger partial charge in [0.1, 0.15) is 11.6 Å². The Balaban J connectivity index is 2.13. The van der Waals surface area contributed by atoms with Gasteiger partial charge in [-0.25, -0.2) is 0 Å². The highest BCUT2D eigenvalue weighted by molar-refractivity contribution is 5.98. The van der Waals surface area contributed by atoms with Gasteiger partial charge in [-0.2, -0.15) is 5.26 Å². The van der Waals surface area contributed by atoms with Gasteiger partial charge in [-0.3, -0.25) is 14.9 Å². The quantitative estimate of drug-likeness (QED) is 0.680. The average Bonchev–Trinajstić information content (AvgIpc) is 2.53. The Hall–Kier alpha value is -2.42. The maximum absolute atomic E-state index is 12.2. The lowest BCUT2D eigenvalue weighted by atomic mass is 9.84. The molecule has 0 bridgehead atoms. The van der Waals surface area contributed by atoms with Crippen molar-refractivity contribution in [2.24, 2.45) is 5.92 Å². The fourth-order valence-corrected chi connectivity index (χ4v) is 2.77. The van der Waals surface area contributed by atoms with Gasteiger partial charge in [0, 0.05) is 6.07 Å². The molecule has 1 aromatic rings. The first-order valence-electron chi connectivity index (χ1n) is 7.07. The van der Waals surface area contributed by atoms with Gasteiger partial charge in [-0.15, -0.1) is 0 Å². The van der Waals surface area contributed by atoms with Crippen molar-refractivity contribution in [3.05, 3.63) is 39.9 Å². The molecule has 1 fully saturated rings. The van der Waals surface area contributed by atoms with Crippen LogP contribution in [0.15, 0.2) is 24.3 Å². The van der Waals surface area contributed by atoms with Crippen molar-refractivity contribution in [2.45, 2.75) is 38.1 Å². The van der Waals surface area contributed by atoms with Crippen LogP contribution >= 0.6 is 0 Å². The molecule has 110 valence electrons.